The minimum Gasteiger partial charge on any atom is -0.508 e. The maximum Gasteiger partial charge on any atom is 0.115 e. The Balaban J connectivity index is 1.39. The molecule has 1 fully saturated rings. The number of aliphatic hydroxyl groups excluding tert-OH is 1. The number of phenolic OH excluding ortho intramolecular Hbond substituents is 1. The second-order valence-electron chi connectivity index (χ2n) is 9.26. The lowest BCUT2D eigenvalue weighted by Crippen LogP contribution is -2.60. The van der Waals surface area contributed by atoms with Crippen molar-refractivity contribution in [3.8, 4) is 5.75 Å². The number of phenols is 1. The number of rotatable bonds is 9. The van der Waals surface area contributed by atoms with Crippen molar-refractivity contribution in [2.45, 2.75) is 55.1 Å². The van der Waals surface area contributed by atoms with Gasteiger partial charge in [0.1, 0.15) is 11.9 Å². The molecule has 32 heavy (non-hydrogen) atoms. The van der Waals surface area contributed by atoms with Gasteiger partial charge >= 0.3 is 0 Å². The van der Waals surface area contributed by atoms with Gasteiger partial charge in [0, 0.05) is 16.1 Å². The van der Waals surface area contributed by atoms with Crippen molar-refractivity contribution < 1.29 is 19.2 Å². The van der Waals surface area contributed by atoms with Crippen LogP contribution in [-0.4, -0.2) is 38.9 Å². The Labute approximate surface area is 192 Å². The van der Waals surface area contributed by atoms with Gasteiger partial charge in [-0.05, 0) is 61.9 Å². The quantitative estimate of drug-likeness (QED) is 0.389. The van der Waals surface area contributed by atoms with E-state index in [1.165, 1.54) is 5.57 Å². The Morgan fingerprint density at radius 1 is 1.06 bits per heavy atom. The molecule has 4 unspecified atom stereocenters. The summed E-state index contributed by atoms with van der Waals surface area (Å²) in [6.45, 7) is 0.534. The molecule has 0 spiro atoms. The van der Waals surface area contributed by atoms with Gasteiger partial charge in [0.25, 0.3) is 0 Å². The van der Waals surface area contributed by atoms with Crippen LogP contribution in [0.1, 0.15) is 50.2 Å². The SMILES string of the molecule is NC12CC(CO)(CC=C1CCCCCS(=O)c1ccccc1)COC2c1ccc(O)cc1. The van der Waals surface area contributed by atoms with Gasteiger partial charge < -0.3 is 20.7 Å². The molecule has 5 nitrogen and oxygen atoms in total. The van der Waals surface area contributed by atoms with Gasteiger partial charge in [-0.25, -0.2) is 0 Å². The zero-order valence-corrected chi connectivity index (χ0v) is 19.2. The Bertz CT molecular complexity index is 962. The Hall–Kier alpha value is -1.99. The molecule has 4 atom stereocenters. The minimum absolute atomic E-state index is 0.0589. The summed E-state index contributed by atoms with van der Waals surface area (Å²) in [5, 5.41) is 19.7. The molecule has 0 saturated carbocycles. The summed E-state index contributed by atoms with van der Waals surface area (Å²) in [6.07, 6.45) is 7.12. The normalized spacial score (nSPS) is 28.2. The van der Waals surface area contributed by atoms with Crippen LogP contribution in [0.25, 0.3) is 0 Å². The molecule has 2 aromatic rings. The van der Waals surface area contributed by atoms with E-state index in [-0.39, 0.29) is 23.9 Å². The number of unbranched alkanes of at least 4 members (excludes halogenated alkanes) is 2. The maximum absolute atomic E-state index is 12.4. The van der Waals surface area contributed by atoms with E-state index in [4.69, 9.17) is 10.5 Å². The lowest BCUT2D eigenvalue weighted by atomic mass is 9.61. The van der Waals surface area contributed by atoms with E-state index in [0.717, 1.165) is 42.6 Å². The molecular formula is C26H33NO4S. The highest BCUT2D eigenvalue weighted by Crippen LogP contribution is 2.52. The molecule has 1 saturated heterocycles. The third-order valence-electron chi connectivity index (χ3n) is 6.88. The molecule has 1 aliphatic carbocycles. The minimum atomic E-state index is -0.951. The number of ether oxygens (including phenoxy) is 1. The maximum atomic E-state index is 12.4. The lowest BCUT2D eigenvalue weighted by Gasteiger charge is -2.53. The molecule has 1 aliphatic heterocycles. The fourth-order valence-electron chi connectivity index (χ4n) is 5.07. The van der Waals surface area contributed by atoms with E-state index in [1.807, 2.05) is 42.5 Å². The molecule has 0 aromatic heterocycles. The van der Waals surface area contributed by atoms with Gasteiger partial charge in [-0.3, -0.25) is 4.21 Å². The van der Waals surface area contributed by atoms with E-state index in [2.05, 4.69) is 6.08 Å². The summed E-state index contributed by atoms with van der Waals surface area (Å²) in [7, 11) is -0.951. The van der Waals surface area contributed by atoms with Gasteiger partial charge in [-0.2, -0.15) is 0 Å². The first-order valence-electron chi connectivity index (χ1n) is 11.4. The van der Waals surface area contributed by atoms with Crippen LogP contribution >= 0.6 is 0 Å². The molecule has 4 rings (SSSR count). The highest BCUT2D eigenvalue weighted by Gasteiger charge is 2.53. The third-order valence-corrected chi connectivity index (χ3v) is 8.34. The first-order valence-corrected chi connectivity index (χ1v) is 12.7. The highest BCUT2D eigenvalue weighted by molar-refractivity contribution is 7.85. The van der Waals surface area contributed by atoms with Gasteiger partial charge in [-0.1, -0.05) is 48.4 Å². The fourth-order valence-corrected chi connectivity index (χ4v) is 6.24. The van der Waals surface area contributed by atoms with Crippen molar-refractivity contribution >= 4 is 10.8 Å². The summed E-state index contributed by atoms with van der Waals surface area (Å²) in [6, 6.07) is 16.7. The number of aliphatic hydroxyl groups is 1. The van der Waals surface area contributed by atoms with Crippen LogP contribution in [0, 0.1) is 5.41 Å². The number of nitrogens with two attached hydrogens (primary N) is 1. The number of allylic oxidation sites excluding steroid dienone is 1. The standard InChI is InChI=1S/C26H33NO4S/c27-26-17-25(18-28,19-31-24(26)20-10-12-22(29)13-11-20)15-14-21(26)7-3-2-6-16-32(30)23-8-4-1-5-9-23/h1,4-5,8-14,24,28-29H,2-3,6-7,15-19,27H2. The predicted molar refractivity (Wildman–Crippen MR) is 127 cm³/mol. The van der Waals surface area contributed by atoms with Crippen molar-refractivity contribution in [3.63, 3.8) is 0 Å². The number of hydrogen-bond acceptors (Lipinski definition) is 5. The summed E-state index contributed by atoms with van der Waals surface area (Å²) in [4.78, 5) is 0.889. The van der Waals surface area contributed by atoms with Crippen molar-refractivity contribution in [2.75, 3.05) is 19.0 Å². The van der Waals surface area contributed by atoms with E-state index < -0.39 is 16.3 Å². The van der Waals surface area contributed by atoms with Crippen LogP contribution in [0.3, 0.4) is 0 Å². The highest BCUT2D eigenvalue weighted by atomic mass is 32.2. The van der Waals surface area contributed by atoms with Gasteiger partial charge in [0.2, 0.25) is 0 Å². The molecule has 2 bridgehead atoms. The first kappa shape index (κ1) is 23.2. The average molecular weight is 456 g/mol. The Kier molecular flexibility index (Phi) is 7.15. The smallest absolute Gasteiger partial charge is 0.115 e. The number of aromatic hydroxyl groups is 1. The molecule has 6 heteroatoms. The van der Waals surface area contributed by atoms with Crippen LogP contribution in [0.15, 0.2) is 71.1 Å². The van der Waals surface area contributed by atoms with Crippen LogP contribution < -0.4 is 5.73 Å². The van der Waals surface area contributed by atoms with Gasteiger partial charge in [-0.15, -0.1) is 0 Å². The molecule has 172 valence electrons. The van der Waals surface area contributed by atoms with Crippen LogP contribution in [0.4, 0.5) is 0 Å². The van der Waals surface area contributed by atoms with E-state index in [0.29, 0.717) is 18.8 Å². The second kappa shape index (κ2) is 9.87. The van der Waals surface area contributed by atoms with E-state index >= 15 is 0 Å². The van der Waals surface area contributed by atoms with Crippen LogP contribution in [0.2, 0.25) is 0 Å². The van der Waals surface area contributed by atoms with Gasteiger partial charge in [0.05, 0.1) is 29.6 Å². The molecule has 4 N–H and O–H groups in total. The number of fused-ring (bicyclic) bond motifs is 2. The van der Waals surface area contributed by atoms with E-state index in [1.54, 1.807) is 12.1 Å². The van der Waals surface area contributed by atoms with Crippen molar-refractivity contribution in [1.82, 2.24) is 0 Å². The first-order chi connectivity index (χ1) is 15.5. The molecule has 0 radical (unpaired) electrons. The van der Waals surface area contributed by atoms with Crippen molar-refractivity contribution in [1.29, 1.82) is 0 Å². The van der Waals surface area contributed by atoms with Crippen molar-refractivity contribution in [3.05, 3.63) is 71.8 Å². The zero-order valence-electron chi connectivity index (χ0n) is 18.4. The molecule has 0 amide bonds. The predicted octanol–water partition coefficient (Wildman–Crippen LogP) is 4.23. The second-order valence-corrected chi connectivity index (χ2v) is 10.8. The zero-order chi connectivity index (χ0) is 22.6. The largest absolute Gasteiger partial charge is 0.508 e. The monoisotopic (exact) mass is 455 g/mol. The fraction of sp³-hybridized carbons (Fsp3) is 0.462. The average Bonchev–Trinajstić information content (AvgIpc) is 2.81. The Morgan fingerprint density at radius 2 is 1.81 bits per heavy atom. The summed E-state index contributed by atoms with van der Waals surface area (Å²) >= 11 is 0. The van der Waals surface area contributed by atoms with Crippen LogP contribution in [0.5, 0.6) is 5.75 Å². The lowest BCUT2D eigenvalue weighted by molar-refractivity contribution is -0.124. The summed E-state index contributed by atoms with van der Waals surface area (Å²) in [5.74, 6) is 0.886. The summed E-state index contributed by atoms with van der Waals surface area (Å²) in [5.41, 5.74) is 8.18. The number of benzene rings is 2. The van der Waals surface area contributed by atoms with Crippen molar-refractivity contribution in [2.24, 2.45) is 11.1 Å². The summed E-state index contributed by atoms with van der Waals surface area (Å²) < 4.78 is 18.7. The number of hydrogen-bond donors (Lipinski definition) is 3. The van der Waals surface area contributed by atoms with Gasteiger partial charge in [0.15, 0.2) is 0 Å². The van der Waals surface area contributed by atoms with Crippen LogP contribution in [-0.2, 0) is 15.5 Å². The molecule has 2 aromatic carbocycles. The van der Waals surface area contributed by atoms with E-state index in [9.17, 15) is 14.4 Å². The topological polar surface area (TPSA) is 92.8 Å². The third kappa shape index (κ3) is 4.84. The molecule has 2 aliphatic rings. The Morgan fingerprint density at radius 3 is 2.53 bits per heavy atom. The molecular weight excluding hydrogens is 422 g/mol. The molecule has 1 heterocycles.